The predicted octanol–water partition coefficient (Wildman–Crippen LogP) is 4.92. The van der Waals surface area contributed by atoms with E-state index in [1.165, 1.54) is 0 Å². The first-order chi connectivity index (χ1) is 7.69. The summed E-state index contributed by atoms with van der Waals surface area (Å²) in [7, 11) is 0. The zero-order valence-electron chi connectivity index (χ0n) is 10.6. The third-order valence-electron chi connectivity index (χ3n) is 2.61. The standard InChI is InChI=1S/C14H22FN/c1-4-7-9-12(11-16)10-14(15)13(6-3)8-5-2/h5,8,12H,4,6-7,9-10H2,1-3H3/b8-5-,14-13+. The highest BCUT2D eigenvalue weighted by Crippen LogP contribution is 2.23. The summed E-state index contributed by atoms with van der Waals surface area (Å²) in [6, 6.07) is 2.19. The van der Waals surface area contributed by atoms with Gasteiger partial charge in [-0.15, -0.1) is 0 Å². The Morgan fingerprint density at radius 3 is 2.56 bits per heavy atom. The first-order valence-electron chi connectivity index (χ1n) is 6.09. The van der Waals surface area contributed by atoms with E-state index in [-0.39, 0.29) is 18.2 Å². The van der Waals surface area contributed by atoms with E-state index < -0.39 is 0 Å². The van der Waals surface area contributed by atoms with Gasteiger partial charge in [-0.05, 0) is 25.3 Å². The first-order valence-corrected chi connectivity index (χ1v) is 6.09. The van der Waals surface area contributed by atoms with E-state index in [4.69, 9.17) is 5.26 Å². The molecule has 0 aromatic carbocycles. The molecule has 0 spiro atoms. The Hall–Kier alpha value is -1.10. The first kappa shape index (κ1) is 14.9. The van der Waals surface area contributed by atoms with E-state index >= 15 is 0 Å². The topological polar surface area (TPSA) is 23.8 Å². The number of allylic oxidation sites excluding steroid dienone is 4. The highest BCUT2D eigenvalue weighted by atomic mass is 19.1. The van der Waals surface area contributed by atoms with Gasteiger partial charge in [0, 0.05) is 6.42 Å². The van der Waals surface area contributed by atoms with Gasteiger partial charge in [-0.1, -0.05) is 38.8 Å². The van der Waals surface area contributed by atoms with Crippen molar-refractivity contribution < 1.29 is 4.39 Å². The molecule has 0 bridgehead atoms. The van der Waals surface area contributed by atoms with Gasteiger partial charge in [0.1, 0.15) is 5.83 Å². The molecule has 0 N–H and O–H groups in total. The molecule has 16 heavy (non-hydrogen) atoms. The van der Waals surface area contributed by atoms with Crippen LogP contribution in [0.1, 0.15) is 52.9 Å². The Labute approximate surface area is 98.7 Å². The van der Waals surface area contributed by atoms with Crippen molar-refractivity contribution >= 4 is 0 Å². The molecule has 90 valence electrons. The van der Waals surface area contributed by atoms with Gasteiger partial charge >= 0.3 is 0 Å². The number of hydrogen-bond donors (Lipinski definition) is 0. The third-order valence-corrected chi connectivity index (χ3v) is 2.61. The molecule has 1 atom stereocenters. The molecule has 0 fully saturated rings. The number of halogens is 1. The van der Waals surface area contributed by atoms with E-state index in [9.17, 15) is 4.39 Å². The van der Waals surface area contributed by atoms with Crippen LogP contribution in [-0.4, -0.2) is 0 Å². The van der Waals surface area contributed by atoms with Gasteiger partial charge in [0.05, 0.1) is 12.0 Å². The number of hydrogen-bond acceptors (Lipinski definition) is 1. The van der Waals surface area contributed by atoms with Gasteiger partial charge in [0.15, 0.2) is 0 Å². The van der Waals surface area contributed by atoms with Crippen LogP contribution in [-0.2, 0) is 0 Å². The quantitative estimate of drug-likeness (QED) is 0.562. The van der Waals surface area contributed by atoms with Crippen LogP contribution < -0.4 is 0 Å². The minimum Gasteiger partial charge on any atom is -0.211 e. The Kier molecular flexibility index (Phi) is 8.52. The van der Waals surface area contributed by atoms with Crippen LogP contribution in [0, 0.1) is 17.2 Å². The monoisotopic (exact) mass is 223 g/mol. The van der Waals surface area contributed by atoms with Crippen molar-refractivity contribution in [2.75, 3.05) is 0 Å². The summed E-state index contributed by atoms with van der Waals surface area (Å²) in [6.45, 7) is 5.89. The highest BCUT2D eigenvalue weighted by molar-refractivity contribution is 5.22. The van der Waals surface area contributed by atoms with Crippen LogP contribution in [0.25, 0.3) is 0 Å². The fourth-order valence-corrected chi connectivity index (χ4v) is 1.61. The maximum absolute atomic E-state index is 13.8. The summed E-state index contributed by atoms with van der Waals surface area (Å²) >= 11 is 0. The molecule has 0 rings (SSSR count). The summed E-state index contributed by atoms with van der Waals surface area (Å²) in [5, 5.41) is 8.93. The average molecular weight is 223 g/mol. The molecule has 0 radical (unpaired) electrons. The number of nitrogens with zero attached hydrogens (tertiary/aromatic N) is 1. The Morgan fingerprint density at radius 1 is 1.44 bits per heavy atom. The lowest BCUT2D eigenvalue weighted by Gasteiger charge is -2.08. The molecular formula is C14H22FN. The lowest BCUT2D eigenvalue weighted by Crippen LogP contribution is -1.99. The number of unbranched alkanes of at least 4 members (excludes halogenated alkanes) is 1. The summed E-state index contributed by atoms with van der Waals surface area (Å²) < 4.78 is 13.8. The van der Waals surface area contributed by atoms with Crippen LogP contribution in [0.2, 0.25) is 0 Å². The Bertz CT molecular complexity index is 284. The molecule has 0 saturated heterocycles. The van der Waals surface area contributed by atoms with E-state index in [1.54, 1.807) is 6.08 Å². The molecule has 1 nitrogen and oxygen atoms in total. The SMILES string of the molecule is C/C=C\C(CC)=C(\F)CC(C#N)CCCC. The van der Waals surface area contributed by atoms with Crippen molar-refractivity contribution in [2.45, 2.75) is 52.9 Å². The number of rotatable bonds is 7. The van der Waals surface area contributed by atoms with E-state index in [2.05, 4.69) is 13.0 Å². The second-order valence-corrected chi connectivity index (χ2v) is 3.96. The van der Waals surface area contributed by atoms with Crippen molar-refractivity contribution in [3.05, 3.63) is 23.6 Å². The lowest BCUT2D eigenvalue weighted by molar-refractivity contribution is 0.485. The van der Waals surface area contributed by atoms with E-state index in [1.807, 2.05) is 19.9 Å². The number of nitriles is 1. The molecule has 0 aliphatic heterocycles. The van der Waals surface area contributed by atoms with Crippen LogP contribution >= 0.6 is 0 Å². The molecule has 0 aliphatic rings. The van der Waals surface area contributed by atoms with Gasteiger partial charge in [-0.25, -0.2) is 4.39 Å². The molecule has 0 saturated carbocycles. The van der Waals surface area contributed by atoms with Gasteiger partial charge in [-0.2, -0.15) is 5.26 Å². The van der Waals surface area contributed by atoms with Crippen LogP contribution in [0.5, 0.6) is 0 Å². The zero-order chi connectivity index (χ0) is 12.4. The van der Waals surface area contributed by atoms with Crippen molar-refractivity contribution in [1.82, 2.24) is 0 Å². The van der Waals surface area contributed by atoms with E-state index in [0.717, 1.165) is 24.8 Å². The van der Waals surface area contributed by atoms with Crippen molar-refractivity contribution in [3.63, 3.8) is 0 Å². The van der Waals surface area contributed by atoms with Crippen LogP contribution in [0.3, 0.4) is 0 Å². The Morgan fingerprint density at radius 2 is 2.12 bits per heavy atom. The fourth-order valence-electron chi connectivity index (χ4n) is 1.61. The summed E-state index contributed by atoms with van der Waals surface area (Å²) in [4.78, 5) is 0. The van der Waals surface area contributed by atoms with Gasteiger partial charge in [0.25, 0.3) is 0 Å². The molecule has 0 heterocycles. The fraction of sp³-hybridized carbons (Fsp3) is 0.643. The molecule has 0 aliphatic carbocycles. The smallest absolute Gasteiger partial charge is 0.104 e. The van der Waals surface area contributed by atoms with Gasteiger partial charge in [0.2, 0.25) is 0 Å². The summed E-state index contributed by atoms with van der Waals surface area (Å²) in [6.07, 6.45) is 7.43. The largest absolute Gasteiger partial charge is 0.211 e. The second-order valence-electron chi connectivity index (χ2n) is 3.96. The third kappa shape index (κ3) is 5.70. The summed E-state index contributed by atoms with van der Waals surface area (Å²) in [5.41, 5.74) is 0.722. The van der Waals surface area contributed by atoms with E-state index in [0.29, 0.717) is 6.42 Å². The van der Waals surface area contributed by atoms with Crippen LogP contribution in [0.15, 0.2) is 23.6 Å². The predicted molar refractivity (Wildman–Crippen MR) is 66.5 cm³/mol. The molecule has 0 amide bonds. The maximum atomic E-state index is 13.8. The zero-order valence-corrected chi connectivity index (χ0v) is 10.6. The lowest BCUT2D eigenvalue weighted by atomic mass is 9.97. The molecular weight excluding hydrogens is 201 g/mol. The van der Waals surface area contributed by atoms with Crippen molar-refractivity contribution in [1.29, 1.82) is 5.26 Å². The minimum atomic E-state index is -0.174. The van der Waals surface area contributed by atoms with Gasteiger partial charge < -0.3 is 0 Å². The minimum absolute atomic E-state index is 0.122. The van der Waals surface area contributed by atoms with Crippen molar-refractivity contribution in [3.8, 4) is 6.07 Å². The van der Waals surface area contributed by atoms with Crippen LogP contribution in [0.4, 0.5) is 4.39 Å². The molecule has 0 aromatic rings. The maximum Gasteiger partial charge on any atom is 0.104 e. The molecule has 2 heteroatoms. The Balaban J connectivity index is 4.48. The second kappa shape index (κ2) is 9.15. The van der Waals surface area contributed by atoms with Crippen molar-refractivity contribution in [2.24, 2.45) is 5.92 Å². The van der Waals surface area contributed by atoms with Gasteiger partial charge in [-0.3, -0.25) is 0 Å². The highest BCUT2D eigenvalue weighted by Gasteiger charge is 2.12. The summed E-state index contributed by atoms with van der Waals surface area (Å²) in [5.74, 6) is -0.296. The molecule has 1 unspecified atom stereocenters. The average Bonchev–Trinajstić information content (AvgIpc) is 2.30. The normalized spacial score (nSPS) is 14.7. The molecule has 0 aromatic heterocycles.